The minimum absolute atomic E-state index is 0.0539. The Morgan fingerprint density at radius 1 is 1.17 bits per heavy atom. The topological polar surface area (TPSA) is 52.0 Å². The Morgan fingerprint density at radius 3 is 2.63 bits per heavy atom. The highest BCUT2D eigenvalue weighted by Gasteiger charge is 2.32. The summed E-state index contributed by atoms with van der Waals surface area (Å²) in [5.41, 5.74) is 1.67. The Labute approximate surface area is 172 Å². The quantitative estimate of drug-likeness (QED) is 0.801. The van der Waals surface area contributed by atoms with Crippen LogP contribution in [0.25, 0.3) is 0 Å². The fourth-order valence-electron chi connectivity index (χ4n) is 4.04. The van der Waals surface area contributed by atoms with Gasteiger partial charge in [0.2, 0.25) is 0 Å². The molecule has 0 radical (unpaired) electrons. The first-order valence-electron chi connectivity index (χ1n) is 10.1. The molecule has 30 heavy (non-hydrogen) atoms. The van der Waals surface area contributed by atoms with E-state index in [2.05, 4.69) is 12.2 Å². The molecule has 0 aromatic heterocycles. The number of nitrogens with one attached hydrogen (secondary N) is 2. The number of carbonyl (C=O) groups is 1. The molecular weight excluding hydrogens is 397 g/mol. The van der Waals surface area contributed by atoms with Gasteiger partial charge in [0.25, 0.3) is 5.91 Å². The molecule has 2 heterocycles. The summed E-state index contributed by atoms with van der Waals surface area (Å²) in [6.45, 7) is 4.22. The van der Waals surface area contributed by atoms with E-state index in [1.165, 1.54) is 17.7 Å². The highest BCUT2D eigenvalue weighted by atomic mass is 19.4. The molecule has 0 bridgehead atoms. The summed E-state index contributed by atoms with van der Waals surface area (Å²) in [5, 5.41) is 2.60. The van der Waals surface area contributed by atoms with Crippen molar-refractivity contribution in [1.82, 2.24) is 0 Å². The molecule has 0 fully saturated rings. The molecule has 160 valence electrons. The Bertz CT molecular complexity index is 946. The number of hydrogen-bond acceptors (Lipinski definition) is 3. The summed E-state index contributed by atoms with van der Waals surface area (Å²) in [7, 11) is 0. The highest BCUT2D eigenvalue weighted by molar-refractivity contribution is 5.91. The fourth-order valence-corrected chi connectivity index (χ4v) is 4.04. The van der Waals surface area contributed by atoms with E-state index in [4.69, 9.17) is 9.47 Å². The molecule has 8 heteroatoms. The largest absolute Gasteiger partial charge is 0.490 e. The average molecular weight is 421 g/mol. The standard InChI is InChI=1S/C22H23F3N2O3/c1-14-18-12-20-19(29-8-3-9-30-20)10-15(18)6-7-27(14)13-21(28)26-17-5-2-4-16(11-17)22(23,24)25/h2,4-5,10-12,14H,3,6-9,13H2,1H3,(H,26,28)/p+1/t14-/m0/s1. The second-order valence-corrected chi connectivity index (χ2v) is 7.73. The van der Waals surface area contributed by atoms with Crippen molar-refractivity contribution in [3.05, 3.63) is 53.1 Å². The summed E-state index contributed by atoms with van der Waals surface area (Å²) in [6.07, 6.45) is -2.81. The summed E-state index contributed by atoms with van der Waals surface area (Å²) < 4.78 is 50.2. The minimum atomic E-state index is -4.44. The van der Waals surface area contributed by atoms with Crippen LogP contribution in [0.3, 0.4) is 0 Å². The van der Waals surface area contributed by atoms with Crippen LogP contribution in [-0.4, -0.2) is 32.2 Å². The lowest BCUT2D eigenvalue weighted by atomic mass is 9.93. The van der Waals surface area contributed by atoms with Gasteiger partial charge in [-0.15, -0.1) is 0 Å². The number of halogens is 3. The average Bonchev–Trinajstić information content (AvgIpc) is 2.93. The lowest BCUT2D eigenvalue weighted by molar-refractivity contribution is -0.924. The Morgan fingerprint density at radius 2 is 1.90 bits per heavy atom. The molecule has 1 unspecified atom stereocenters. The van der Waals surface area contributed by atoms with Crippen LogP contribution in [0.1, 0.15) is 36.1 Å². The molecule has 0 spiro atoms. The van der Waals surface area contributed by atoms with E-state index >= 15 is 0 Å². The summed E-state index contributed by atoms with van der Waals surface area (Å²) >= 11 is 0. The van der Waals surface area contributed by atoms with Gasteiger partial charge >= 0.3 is 6.18 Å². The number of fused-ring (bicyclic) bond motifs is 2. The summed E-state index contributed by atoms with van der Waals surface area (Å²) in [5.74, 6) is 1.19. The van der Waals surface area contributed by atoms with Crippen LogP contribution in [0.4, 0.5) is 18.9 Å². The second kappa shape index (κ2) is 8.18. The molecular formula is C22H24F3N2O3+. The Hall–Kier alpha value is -2.74. The third-order valence-electron chi connectivity index (χ3n) is 5.66. The summed E-state index contributed by atoms with van der Waals surface area (Å²) in [6, 6.07) is 8.78. The van der Waals surface area contributed by atoms with Crippen molar-refractivity contribution in [1.29, 1.82) is 0 Å². The molecule has 4 rings (SSSR count). The minimum Gasteiger partial charge on any atom is -0.490 e. The number of ether oxygens (including phenoxy) is 2. The van der Waals surface area contributed by atoms with Gasteiger partial charge in [0.1, 0.15) is 6.04 Å². The number of benzene rings is 2. The van der Waals surface area contributed by atoms with Crippen LogP contribution >= 0.6 is 0 Å². The predicted octanol–water partition coefficient (Wildman–Crippen LogP) is 3.01. The third-order valence-corrected chi connectivity index (χ3v) is 5.66. The molecule has 0 aliphatic carbocycles. The van der Waals surface area contributed by atoms with Crippen molar-refractivity contribution < 1.29 is 32.3 Å². The van der Waals surface area contributed by atoms with E-state index in [1.54, 1.807) is 0 Å². The number of rotatable bonds is 3. The lowest BCUT2D eigenvalue weighted by Gasteiger charge is -2.32. The van der Waals surface area contributed by atoms with Gasteiger partial charge < -0.3 is 19.7 Å². The third kappa shape index (κ3) is 4.38. The molecule has 2 atom stereocenters. The van der Waals surface area contributed by atoms with Crippen LogP contribution in [0.5, 0.6) is 11.5 Å². The highest BCUT2D eigenvalue weighted by Crippen LogP contribution is 2.35. The number of anilines is 1. The smallest absolute Gasteiger partial charge is 0.416 e. The molecule has 2 aliphatic heterocycles. The van der Waals surface area contributed by atoms with E-state index in [-0.39, 0.29) is 24.2 Å². The van der Waals surface area contributed by atoms with Crippen molar-refractivity contribution in [3.8, 4) is 11.5 Å². The normalized spacial score (nSPS) is 20.8. The molecule has 2 aromatic rings. The molecule has 0 saturated heterocycles. The lowest BCUT2D eigenvalue weighted by Crippen LogP contribution is -3.14. The van der Waals surface area contributed by atoms with Crippen LogP contribution in [0.2, 0.25) is 0 Å². The van der Waals surface area contributed by atoms with E-state index in [1.807, 2.05) is 12.1 Å². The maximum Gasteiger partial charge on any atom is 0.416 e. The van der Waals surface area contributed by atoms with Crippen molar-refractivity contribution in [2.24, 2.45) is 0 Å². The van der Waals surface area contributed by atoms with Gasteiger partial charge in [-0.1, -0.05) is 6.07 Å². The van der Waals surface area contributed by atoms with Gasteiger partial charge in [-0.2, -0.15) is 13.2 Å². The SMILES string of the molecule is C[C@H]1c2cc3c(cc2CC[NH+]1CC(=O)Nc1cccc(C(F)(F)F)c1)OCCCO3. The van der Waals surface area contributed by atoms with Crippen LogP contribution in [-0.2, 0) is 17.4 Å². The zero-order valence-electron chi connectivity index (χ0n) is 16.6. The first kappa shape index (κ1) is 20.5. The van der Waals surface area contributed by atoms with E-state index in [9.17, 15) is 18.0 Å². The first-order chi connectivity index (χ1) is 14.3. The second-order valence-electron chi connectivity index (χ2n) is 7.73. The van der Waals surface area contributed by atoms with E-state index in [0.717, 1.165) is 53.5 Å². The Balaban J connectivity index is 1.45. The molecule has 2 N–H and O–H groups in total. The maximum atomic E-state index is 12.9. The van der Waals surface area contributed by atoms with Crippen molar-refractivity contribution in [2.75, 3.05) is 31.6 Å². The van der Waals surface area contributed by atoms with Gasteiger partial charge in [-0.05, 0) is 42.8 Å². The van der Waals surface area contributed by atoms with E-state index < -0.39 is 11.7 Å². The zero-order chi connectivity index (χ0) is 21.3. The van der Waals surface area contributed by atoms with Crippen molar-refractivity contribution in [2.45, 2.75) is 32.0 Å². The summed E-state index contributed by atoms with van der Waals surface area (Å²) in [4.78, 5) is 13.6. The number of hydrogen-bond donors (Lipinski definition) is 2. The number of carbonyl (C=O) groups excluding carboxylic acids is 1. The monoisotopic (exact) mass is 421 g/mol. The maximum absolute atomic E-state index is 12.9. The fraction of sp³-hybridized carbons (Fsp3) is 0.409. The van der Waals surface area contributed by atoms with E-state index in [0.29, 0.717) is 13.2 Å². The first-order valence-corrected chi connectivity index (χ1v) is 10.1. The Kier molecular flexibility index (Phi) is 5.60. The molecule has 2 aromatic carbocycles. The number of quaternary nitrogens is 1. The van der Waals surface area contributed by atoms with Crippen LogP contribution in [0.15, 0.2) is 36.4 Å². The molecule has 5 nitrogen and oxygen atoms in total. The van der Waals surface area contributed by atoms with Gasteiger partial charge in [0.15, 0.2) is 18.0 Å². The van der Waals surface area contributed by atoms with Gasteiger partial charge in [-0.3, -0.25) is 4.79 Å². The number of amides is 1. The molecule has 1 amide bonds. The van der Waals surface area contributed by atoms with Gasteiger partial charge in [0.05, 0.1) is 25.3 Å². The van der Waals surface area contributed by atoms with Crippen molar-refractivity contribution >= 4 is 11.6 Å². The van der Waals surface area contributed by atoms with Crippen LogP contribution in [0, 0.1) is 0 Å². The number of alkyl halides is 3. The zero-order valence-corrected chi connectivity index (χ0v) is 16.6. The molecule has 0 saturated carbocycles. The predicted molar refractivity (Wildman–Crippen MR) is 105 cm³/mol. The van der Waals surface area contributed by atoms with Crippen LogP contribution < -0.4 is 19.7 Å². The van der Waals surface area contributed by atoms with Gasteiger partial charge in [-0.25, -0.2) is 0 Å². The van der Waals surface area contributed by atoms with Gasteiger partial charge in [0, 0.05) is 24.1 Å². The van der Waals surface area contributed by atoms with Crippen molar-refractivity contribution in [3.63, 3.8) is 0 Å². The molecule has 2 aliphatic rings.